The Morgan fingerprint density at radius 1 is 1.14 bits per heavy atom. The molecule has 4 nitrogen and oxygen atoms in total. The van der Waals surface area contributed by atoms with Crippen molar-refractivity contribution >= 4 is 0 Å². The van der Waals surface area contributed by atoms with Gasteiger partial charge in [-0.2, -0.15) is 0 Å². The first kappa shape index (κ1) is 14.0. The Morgan fingerprint density at radius 2 is 2.00 bits per heavy atom. The van der Waals surface area contributed by atoms with Crippen LogP contribution in [0.15, 0.2) is 42.9 Å². The lowest BCUT2D eigenvalue weighted by Crippen LogP contribution is -2.34. The summed E-state index contributed by atoms with van der Waals surface area (Å²) in [4.78, 5) is 6.64. The van der Waals surface area contributed by atoms with Gasteiger partial charge in [-0.3, -0.25) is 9.88 Å². The van der Waals surface area contributed by atoms with E-state index in [1.54, 1.807) is 0 Å². The van der Waals surface area contributed by atoms with Crippen molar-refractivity contribution in [2.75, 3.05) is 13.1 Å². The van der Waals surface area contributed by atoms with Crippen LogP contribution >= 0.6 is 0 Å². The van der Waals surface area contributed by atoms with Gasteiger partial charge in [0.25, 0.3) is 0 Å². The van der Waals surface area contributed by atoms with Crippen LogP contribution in [0.3, 0.4) is 0 Å². The van der Waals surface area contributed by atoms with Gasteiger partial charge in [0.15, 0.2) is 0 Å². The third kappa shape index (κ3) is 3.39. The van der Waals surface area contributed by atoms with Crippen molar-refractivity contribution in [2.45, 2.75) is 38.6 Å². The van der Waals surface area contributed by atoms with Gasteiger partial charge in [-0.1, -0.05) is 0 Å². The molecule has 2 aromatic rings. The van der Waals surface area contributed by atoms with E-state index in [1.807, 2.05) is 24.5 Å². The zero-order valence-corrected chi connectivity index (χ0v) is 12.9. The van der Waals surface area contributed by atoms with E-state index in [-0.39, 0.29) is 6.10 Å². The molecule has 1 aliphatic heterocycles. The van der Waals surface area contributed by atoms with E-state index in [2.05, 4.69) is 32.8 Å². The molecule has 0 bridgehead atoms. The summed E-state index contributed by atoms with van der Waals surface area (Å²) in [5.74, 6) is 0.919. The van der Waals surface area contributed by atoms with Crippen LogP contribution in [0.5, 0.6) is 0 Å². The first-order valence-corrected chi connectivity index (χ1v) is 8.24. The number of pyridine rings is 1. The van der Waals surface area contributed by atoms with Gasteiger partial charge in [0.1, 0.15) is 0 Å². The van der Waals surface area contributed by atoms with Gasteiger partial charge in [-0.15, -0.1) is 0 Å². The van der Waals surface area contributed by atoms with Gasteiger partial charge in [0.2, 0.25) is 0 Å². The fraction of sp³-hybridized carbons (Fsp3) is 0.500. The lowest BCUT2D eigenvalue weighted by molar-refractivity contribution is 0.00939. The molecule has 0 amide bonds. The quantitative estimate of drug-likeness (QED) is 0.850. The van der Waals surface area contributed by atoms with Gasteiger partial charge in [-0.05, 0) is 48.6 Å². The number of hydrogen-bond donors (Lipinski definition) is 0. The molecule has 0 saturated heterocycles. The second kappa shape index (κ2) is 6.23. The molecular weight excluding hydrogens is 274 g/mol. The van der Waals surface area contributed by atoms with Crippen LogP contribution in [-0.4, -0.2) is 33.6 Å². The molecule has 0 spiro atoms. The topological polar surface area (TPSA) is 30.3 Å². The molecular formula is C18H23N3O. The molecule has 2 aliphatic rings. The molecule has 22 heavy (non-hydrogen) atoms. The van der Waals surface area contributed by atoms with Crippen LogP contribution in [0.1, 0.15) is 24.1 Å². The fourth-order valence-electron chi connectivity index (χ4n) is 3.23. The minimum Gasteiger partial charge on any atom is -0.370 e. The molecule has 116 valence electrons. The fourth-order valence-corrected chi connectivity index (χ4v) is 3.23. The minimum atomic E-state index is 0.251. The Labute approximate surface area is 131 Å². The summed E-state index contributed by atoms with van der Waals surface area (Å²) in [6.07, 6.45) is 8.89. The highest BCUT2D eigenvalue weighted by Gasteiger charge is 2.28. The first-order chi connectivity index (χ1) is 10.9. The maximum Gasteiger partial charge on any atom is 0.0885 e. The average molecular weight is 297 g/mol. The number of rotatable bonds is 5. The number of nitrogens with zero attached hydrogens (tertiary/aromatic N) is 3. The second-order valence-electron chi connectivity index (χ2n) is 6.58. The van der Waals surface area contributed by atoms with Crippen LogP contribution < -0.4 is 0 Å². The van der Waals surface area contributed by atoms with E-state index >= 15 is 0 Å². The Hall–Kier alpha value is -1.65. The van der Waals surface area contributed by atoms with E-state index in [9.17, 15) is 0 Å². The summed E-state index contributed by atoms with van der Waals surface area (Å²) >= 11 is 0. The van der Waals surface area contributed by atoms with Crippen molar-refractivity contribution in [2.24, 2.45) is 5.92 Å². The molecule has 1 aliphatic carbocycles. The van der Waals surface area contributed by atoms with Crippen molar-refractivity contribution in [3.05, 3.63) is 54.1 Å². The standard InChI is InChI=1S/C18H23N3O/c1-2-17-11-20(10-15-3-4-15)12-18(13-21(17)9-1)22-14-16-5-7-19-8-6-16/h1-2,5-9,15,18H,3-4,10-14H2. The van der Waals surface area contributed by atoms with Crippen LogP contribution in [-0.2, 0) is 24.4 Å². The highest BCUT2D eigenvalue weighted by Crippen LogP contribution is 2.31. The van der Waals surface area contributed by atoms with Crippen molar-refractivity contribution in [3.8, 4) is 0 Å². The Balaban J connectivity index is 1.43. The number of fused-ring (bicyclic) bond motifs is 1. The highest BCUT2D eigenvalue weighted by atomic mass is 16.5. The smallest absolute Gasteiger partial charge is 0.0885 e. The van der Waals surface area contributed by atoms with E-state index in [0.717, 1.165) is 25.6 Å². The zero-order chi connectivity index (χ0) is 14.8. The van der Waals surface area contributed by atoms with Crippen LogP contribution in [0.25, 0.3) is 0 Å². The summed E-state index contributed by atoms with van der Waals surface area (Å²) in [6, 6.07) is 8.44. The minimum absolute atomic E-state index is 0.251. The van der Waals surface area contributed by atoms with Gasteiger partial charge >= 0.3 is 0 Å². The van der Waals surface area contributed by atoms with E-state index < -0.39 is 0 Å². The predicted octanol–water partition coefficient (Wildman–Crippen LogP) is 2.69. The third-order valence-electron chi connectivity index (χ3n) is 4.62. The maximum atomic E-state index is 6.22. The highest BCUT2D eigenvalue weighted by molar-refractivity contribution is 5.10. The van der Waals surface area contributed by atoms with E-state index in [4.69, 9.17) is 4.74 Å². The Morgan fingerprint density at radius 3 is 2.82 bits per heavy atom. The lowest BCUT2D eigenvalue weighted by atomic mass is 10.2. The lowest BCUT2D eigenvalue weighted by Gasteiger charge is -2.24. The van der Waals surface area contributed by atoms with Crippen molar-refractivity contribution in [1.29, 1.82) is 0 Å². The monoisotopic (exact) mass is 297 g/mol. The van der Waals surface area contributed by atoms with Gasteiger partial charge in [0.05, 0.1) is 12.7 Å². The summed E-state index contributed by atoms with van der Waals surface area (Å²) in [6.45, 7) is 4.93. The van der Waals surface area contributed by atoms with Crippen molar-refractivity contribution in [1.82, 2.24) is 14.5 Å². The molecule has 2 aromatic heterocycles. The van der Waals surface area contributed by atoms with E-state index in [0.29, 0.717) is 6.61 Å². The second-order valence-corrected chi connectivity index (χ2v) is 6.58. The summed E-state index contributed by atoms with van der Waals surface area (Å²) < 4.78 is 8.57. The summed E-state index contributed by atoms with van der Waals surface area (Å²) in [7, 11) is 0. The molecule has 3 heterocycles. The molecule has 1 fully saturated rings. The average Bonchev–Trinajstić information content (AvgIpc) is 3.28. The molecule has 0 radical (unpaired) electrons. The summed E-state index contributed by atoms with van der Waals surface area (Å²) in [5.41, 5.74) is 2.61. The molecule has 4 rings (SSSR count). The Bertz CT molecular complexity index is 606. The summed E-state index contributed by atoms with van der Waals surface area (Å²) in [5, 5.41) is 0. The molecule has 0 aromatic carbocycles. The largest absolute Gasteiger partial charge is 0.370 e. The predicted molar refractivity (Wildman–Crippen MR) is 85.2 cm³/mol. The van der Waals surface area contributed by atoms with Crippen LogP contribution in [0.4, 0.5) is 0 Å². The normalized spacial score (nSPS) is 22.3. The maximum absolute atomic E-state index is 6.22. The van der Waals surface area contributed by atoms with E-state index in [1.165, 1.54) is 30.6 Å². The molecule has 0 N–H and O–H groups in total. The third-order valence-corrected chi connectivity index (χ3v) is 4.62. The molecule has 1 saturated carbocycles. The molecule has 1 atom stereocenters. The SMILES string of the molecule is c1cc2n(c1)CC(OCc1ccncc1)CN(CC1CC1)C2. The van der Waals surface area contributed by atoms with Crippen LogP contribution in [0, 0.1) is 5.92 Å². The molecule has 1 unspecified atom stereocenters. The Kier molecular flexibility index (Phi) is 3.95. The van der Waals surface area contributed by atoms with Crippen molar-refractivity contribution < 1.29 is 4.74 Å². The molecule has 4 heteroatoms. The van der Waals surface area contributed by atoms with Gasteiger partial charge in [0, 0.05) is 50.5 Å². The van der Waals surface area contributed by atoms with Gasteiger partial charge < -0.3 is 9.30 Å². The number of hydrogen-bond acceptors (Lipinski definition) is 3. The number of ether oxygens (including phenoxy) is 1. The van der Waals surface area contributed by atoms with Crippen LogP contribution in [0.2, 0.25) is 0 Å². The van der Waals surface area contributed by atoms with Gasteiger partial charge in [-0.25, -0.2) is 0 Å². The number of aromatic nitrogens is 2. The first-order valence-electron chi connectivity index (χ1n) is 8.24. The zero-order valence-electron chi connectivity index (χ0n) is 12.9. The van der Waals surface area contributed by atoms with Crippen molar-refractivity contribution in [3.63, 3.8) is 0 Å².